The summed E-state index contributed by atoms with van der Waals surface area (Å²) in [5, 5.41) is 0. The molecule has 0 saturated carbocycles. The molecule has 0 bridgehead atoms. The number of hydrogen-bond acceptors (Lipinski definition) is 0. The van der Waals surface area contributed by atoms with Gasteiger partial charge in [-0.2, -0.15) is 0 Å². The van der Waals surface area contributed by atoms with Crippen LogP contribution in [-0.2, 0) is 0 Å². The van der Waals surface area contributed by atoms with Crippen LogP contribution in [0.25, 0.3) is 0 Å². The minimum absolute atomic E-state index is 1.31. The van der Waals surface area contributed by atoms with E-state index >= 15 is 0 Å². The van der Waals surface area contributed by atoms with Gasteiger partial charge in [0.25, 0.3) is 0 Å². The molecule has 0 aromatic heterocycles. The number of unbranched alkanes of at least 4 members (excludes halogenated alkanes) is 4. The number of halogens is 1. The van der Waals surface area contributed by atoms with E-state index in [9.17, 15) is 0 Å². The fourth-order valence-corrected chi connectivity index (χ4v) is 2.17. The largest absolute Gasteiger partial charge is 0.0654 e. The van der Waals surface area contributed by atoms with Crippen molar-refractivity contribution in [1.82, 2.24) is 0 Å². The molecule has 0 rings (SSSR count). The smallest absolute Gasteiger partial charge is 0.0105 e. The third-order valence-corrected chi connectivity index (χ3v) is 4.08. The van der Waals surface area contributed by atoms with E-state index in [-0.39, 0.29) is 0 Å². The van der Waals surface area contributed by atoms with Crippen molar-refractivity contribution in [1.29, 1.82) is 0 Å². The zero-order valence-electron chi connectivity index (χ0n) is 10.0. The molecule has 0 radical (unpaired) electrons. The Labute approximate surface area is 104 Å². The first-order valence-corrected chi connectivity index (χ1v) is 7.14. The Balaban J connectivity index is 3.66. The van der Waals surface area contributed by atoms with Crippen LogP contribution in [0.1, 0.15) is 72.1 Å². The Bertz CT molecular complexity index is 141. The van der Waals surface area contributed by atoms with Crippen molar-refractivity contribution in [2.75, 3.05) is 0 Å². The molecular formula is C13H25I. The summed E-state index contributed by atoms with van der Waals surface area (Å²) in [6, 6.07) is 0. The second kappa shape index (κ2) is 10.0. The van der Waals surface area contributed by atoms with E-state index in [0.29, 0.717) is 0 Å². The summed E-state index contributed by atoms with van der Waals surface area (Å²) < 4.78 is 1.62. The van der Waals surface area contributed by atoms with Gasteiger partial charge in [-0.15, -0.1) is 0 Å². The summed E-state index contributed by atoms with van der Waals surface area (Å²) in [5.74, 6) is 0. The van der Waals surface area contributed by atoms with Crippen molar-refractivity contribution in [3.63, 3.8) is 0 Å². The molecule has 0 atom stereocenters. The molecule has 0 N–H and O–H groups in total. The van der Waals surface area contributed by atoms with Crippen molar-refractivity contribution in [2.24, 2.45) is 0 Å². The second-order valence-corrected chi connectivity index (χ2v) is 5.40. The van der Waals surface area contributed by atoms with E-state index in [2.05, 4.69) is 43.4 Å². The Hall–Kier alpha value is 0.470. The summed E-state index contributed by atoms with van der Waals surface area (Å²) in [5.41, 5.74) is 1.63. The molecule has 0 amide bonds. The van der Waals surface area contributed by atoms with Crippen LogP contribution in [0.15, 0.2) is 9.15 Å². The molecule has 0 unspecified atom stereocenters. The maximum absolute atomic E-state index is 2.54. The quantitative estimate of drug-likeness (QED) is 0.389. The Morgan fingerprint density at radius 3 is 1.86 bits per heavy atom. The van der Waals surface area contributed by atoms with Crippen molar-refractivity contribution >= 4 is 22.6 Å². The summed E-state index contributed by atoms with van der Waals surface area (Å²) in [6.07, 6.45) is 10.8. The molecular weight excluding hydrogens is 283 g/mol. The van der Waals surface area contributed by atoms with E-state index in [4.69, 9.17) is 0 Å². The second-order valence-electron chi connectivity index (χ2n) is 4.10. The van der Waals surface area contributed by atoms with Crippen LogP contribution in [-0.4, -0.2) is 0 Å². The Morgan fingerprint density at radius 1 is 0.857 bits per heavy atom. The van der Waals surface area contributed by atoms with Gasteiger partial charge in [0.05, 0.1) is 0 Å². The lowest BCUT2D eigenvalue weighted by Crippen LogP contribution is -1.84. The van der Waals surface area contributed by atoms with Gasteiger partial charge >= 0.3 is 0 Å². The van der Waals surface area contributed by atoms with Gasteiger partial charge in [-0.3, -0.25) is 0 Å². The Morgan fingerprint density at radius 2 is 1.36 bits per heavy atom. The van der Waals surface area contributed by atoms with Crippen LogP contribution >= 0.6 is 22.6 Å². The zero-order valence-corrected chi connectivity index (χ0v) is 12.2. The predicted octanol–water partition coefficient (Wildman–Crippen LogP) is 5.86. The normalized spacial score (nSPS) is 12.9. The summed E-state index contributed by atoms with van der Waals surface area (Å²) in [7, 11) is 0. The Kier molecular flexibility index (Phi) is 10.3. The molecule has 1 heteroatoms. The fraction of sp³-hybridized carbons (Fsp3) is 0.846. The van der Waals surface area contributed by atoms with Gasteiger partial charge in [0.2, 0.25) is 0 Å². The van der Waals surface area contributed by atoms with E-state index in [0.717, 1.165) is 0 Å². The zero-order chi connectivity index (χ0) is 10.8. The molecule has 14 heavy (non-hydrogen) atoms. The highest BCUT2D eigenvalue weighted by Crippen LogP contribution is 2.23. The minimum atomic E-state index is 1.31. The molecule has 0 aromatic carbocycles. The monoisotopic (exact) mass is 308 g/mol. The third-order valence-electron chi connectivity index (χ3n) is 2.62. The fourth-order valence-electron chi connectivity index (χ4n) is 1.52. The lowest BCUT2D eigenvalue weighted by Gasteiger charge is -2.05. The first-order chi connectivity index (χ1) is 6.72. The molecule has 0 aromatic rings. The SMILES string of the molecule is CCCCCC(C)=C(I)CCCCC. The average Bonchev–Trinajstić information content (AvgIpc) is 2.18. The van der Waals surface area contributed by atoms with E-state index in [1.165, 1.54) is 51.4 Å². The summed E-state index contributed by atoms with van der Waals surface area (Å²) in [6.45, 7) is 6.85. The van der Waals surface area contributed by atoms with E-state index in [1.807, 2.05) is 0 Å². The molecule has 0 saturated heterocycles. The molecule has 0 aliphatic rings. The van der Waals surface area contributed by atoms with Gasteiger partial charge in [-0.1, -0.05) is 45.1 Å². The number of rotatable bonds is 8. The highest BCUT2D eigenvalue weighted by atomic mass is 127. The standard InChI is InChI=1S/C13H25I/c1-4-6-8-10-12(3)13(14)11-9-7-5-2/h4-11H2,1-3H3. The summed E-state index contributed by atoms with van der Waals surface area (Å²) >= 11 is 2.54. The van der Waals surface area contributed by atoms with Crippen LogP contribution in [0.4, 0.5) is 0 Å². The minimum Gasteiger partial charge on any atom is -0.0654 e. The lowest BCUT2D eigenvalue weighted by atomic mass is 10.1. The topological polar surface area (TPSA) is 0 Å². The van der Waals surface area contributed by atoms with Gasteiger partial charge in [0, 0.05) is 0 Å². The van der Waals surface area contributed by atoms with Crippen LogP contribution in [0.3, 0.4) is 0 Å². The maximum Gasteiger partial charge on any atom is -0.0105 e. The highest BCUT2D eigenvalue weighted by Gasteiger charge is 1.98. The molecule has 0 fully saturated rings. The predicted molar refractivity (Wildman–Crippen MR) is 75.0 cm³/mol. The third kappa shape index (κ3) is 7.84. The van der Waals surface area contributed by atoms with E-state index < -0.39 is 0 Å². The molecule has 0 heterocycles. The van der Waals surface area contributed by atoms with Gasteiger partial charge in [0.15, 0.2) is 0 Å². The van der Waals surface area contributed by atoms with Crippen LogP contribution < -0.4 is 0 Å². The summed E-state index contributed by atoms with van der Waals surface area (Å²) in [4.78, 5) is 0. The number of allylic oxidation sites excluding steroid dienone is 2. The van der Waals surface area contributed by atoms with Crippen LogP contribution in [0, 0.1) is 0 Å². The number of hydrogen-bond donors (Lipinski definition) is 0. The van der Waals surface area contributed by atoms with Gasteiger partial charge in [-0.25, -0.2) is 0 Å². The van der Waals surface area contributed by atoms with Crippen molar-refractivity contribution < 1.29 is 0 Å². The molecule has 0 nitrogen and oxygen atoms in total. The van der Waals surface area contributed by atoms with Crippen molar-refractivity contribution in [3.8, 4) is 0 Å². The molecule has 84 valence electrons. The van der Waals surface area contributed by atoms with Gasteiger partial charge in [0.1, 0.15) is 0 Å². The highest BCUT2D eigenvalue weighted by molar-refractivity contribution is 14.1. The average molecular weight is 308 g/mol. The van der Waals surface area contributed by atoms with E-state index in [1.54, 1.807) is 9.15 Å². The van der Waals surface area contributed by atoms with Gasteiger partial charge < -0.3 is 0 Å². The van der Waals surface area contributed by atoms with Crippen molar-refractivity contribution in [3.05, 3.63) is 9.15 Å². The maximum atomic E-state index is 2.54. The molecule has 0 spiro atoms. The lowest BCUT2D eigenvalue weighted by molar-refractivity contribution is 0.699. The van der Waals surface area contributed by atoms with Crippen molar-refractivity contribution in [2.45, 2.75) is 72.1 Å². The van der Waals surface area contributed by atoms with Crippen LogP contribution in [0.2, 0.25) is 0 Å². The van der Waals surface area contributed by atoms with Gasteiger partial charge in [-0.05, 0) is 58.8 Å². The first kappa shape index (κ1) is 14.5. The van der Waals surface area contributed by atoms with Crippen LogP contribution in [0.5, 0.6) is 0 Å². The molecule has 0 aliphatic carbocycles. The first-order valence-electron chi connectivity index (χ1n) is 6.06. The molecule has 0 aliphatic heterocycles.